The van der Waals surface area contributed by atoms with Gasteiger partial charge in [-0.2, -0.15) is 0 Å². The second-order valence-electron chi connectivity index (χ2n) is 6.90. The molecule has 2 aromatic heterocycles. The van der Waals surface area contributed by atoms with Gasteiger partial charge >= 0.3 is 0 Å². The van der Waals surface area contributed by atoms with E-state index in [9.17, 15) is 0 Å². The summed E-state index contributed by atoms with van der Waals surface area (Å²) < 4.78 is 0. The predicted octanol–water partition coefficient (Wildman–Crippen LogP) is 4.47. The molecule has 0 saturated heterocycles. The van der Waals surface area contributed by atoms with E-state index >= 15 is 0 Å². The maximum absolute atomic E-state index is 4.76. The molecule has 0 bridgehead atoms. The van der Waals surface area contributed by atoms with Gasteiger partial charge in [0.1, 0.15) is 11.7 Å². The normalized spacial score (nSPS) is 15.9. The van der Waals surface area contributed by atoms with E-state index in [-0.39, 0.29) is 0 Å². The second kappa shape index (κ2) is 6.76. The number of rotatable bonds is 2. The van der Waals surface area contributed by atoms with Crippen LogP contribution in [0.2, 0.25) is 0 Å². The molecule has 0 aliphatic carbocycles. The van der Waals surface area contributed by atoms with Gasteiger partial charge < -0.3 is 5.32 Å². The second-order valence-corrected chi connectivity index (χ2v) is 6.90. The fraction of sp³-hybridized carbons (Fsp3) is 0.182. The quantitative estimate of drug-likeness (QED) is 0.738. The van der Waals surface area contributed by atoms with Crippen molar-refractivity contribution in [2.45, 2.75) is 27.7 Å². The van der Waals surface area contributed by atoms with Crippen molar-refractivity contribution < 1.29 is 0 Å². The molecule has 0 radical (unpaired) electrons. The number of fused-ring (bicyclic) bond motifs is 1. The molecule has 1 aromatic carbocycles. The van der Waals surface area contributed by atoms with Crippen LogP contribution in [0.25, 0.3) is 0 Å². The lowest BCUT2D eigenvalue weighted by Gasteiger charge is -2.04. The summed E-state index contributed by atoms with van der Waals surface area (Å²) in [5, 5.41) is 3.36. The van der Waals surface area contributed by atoms with Crippen LogP contribution in [-0.2, 0) is 0 Å². The van der Waals surface area contributed by atoms with Gasteiger partial charge in [-0.25, -0.2) is 20.0 Å². The van der Waals surface area contributed by atoms with Crippen molar-refractivity contribution >= 4 is 23.3 Å². The van der Waals surface area contributed by atoms with Crippen molar-refractivity contribution in [3.8, 4) is 0 Å². The number of aromatic nitrogens is 2. The van der Waals surface area contributed by atoms with Crippen LogP contribution in [0.3, 0.4) is 0 Å². The Hall–Kier alpha value is -3.34. The van der Waals surface area contributed by atoms with Crippen LogP contribution in [0, 0.1) is 27.7 Å². The standard InChI is InChI=1S/C22H21N5/c1-13-9-15(3)19(23-11-13)25-21-17-7-5-6-8-18(17)22(27-21)26-20-16(4)10-14(2)12-24-20/h5-12H,1-4H3,(H,23,24,25,26,27). The lowest BCUT2D eigenvalue weighted by molar-refractivity contribution is 1.17. The highest BCUT2D eigenvalue weighted by atomic mass is 15.1. The summed E-state index contributed by atoms with van der Waals surface area (Å²) in [5.74, 6) is 2.94. The van der Waals surface area contributed by atoms with Crippen molar-refractivity contribution in [2.24, 2.45) is 9.98 Å². The van der Waals surface area contributed by atoms with Crippen molar-refractivity contribution in [1.29, 1.82) is 0 Å². The molecule has 0 fully saturated rings. The average molecular weight is 355 g/mol. The van der Waals surface area contributed by atoms with Gasteiger partial charge in [0.15, 0.2) is 11.6 Å². The molecule has 0 spiro atoms. The van der Waals surface area contributed by atoms with E-state index in [1.54, 1.807) is 0 Å². The molecule has 1 N–H and O–H groups in total. The molecule has 0 unspecified atom stereocenters. The lowest BCUT2D eigenvalue weighted by atomic mass is 10.1. The highest BCUT2D eigenvalue weighted by molar-refractivity contribution is 6.26. The maximum Gasteiger partial charge on any atom is 0.157 e. The zero-order chi connectivity index (χ0) is 19.0. The summed E-state index contributed by atoms with van der Waals surface area (Å²) in [4.78, 5) is 18.5. The van der Waals surface area contributed by atoms with Crippen LogP contribution in [0.15, 0.2) is 58.8 Å². The number of aliphatic imine (C=N–C) groups is 2. The summed E-state index contributed by atoms with van der Waals surface area (Å²) in [6.45, 7) is 8.10. The number of hydrogen-bond donors (Lipinski definition) is 1. The SMILES string of the molecule is Cc1cnc(N=C2NC(=Nc3ncc(C)cc3C)c3ccccc32)c(C)c1. The largest absolute Gasteiger partial charge is 0.324 e. The Bertz CT molecular complexity index is 1010. The Balaban J connectivity index is 1.79. The van der Waals surface area contributed by atoms with E-state index in [4.69, 9.17) is 9.98 Å². The summed E-state index contributed by atoms with van der Waals surface area (Å²) >= 11 is 0. The van der Waals surface area contributed by atoms with Gasteiger partial charge in [-0.15, -0.1) is 0 Å². The van der Waals surface area contributed by atoms with Crippen LogP contribution in [0.4, 0.5) is 11.6 Å². The fourth-order valence-corrected chi connectivity index (χ4v) is 3.18. The molecule has 1 aliphatic heterocycles. The molecule has 134 valence electrons. The van der Waals surface area contributed by atoms with Crippen molar-refractivity contribution in [3.63, 3.8) is 0 Å². The first-order valence-corrected chi connectivity index (χ1v) is 8.92. The molecule has 0 saturated carbocycles. The summed E-state index contributed by atoms with van der Waals surface area (Å²) in [5.41, 5.74) is 6.37. The Morgan fingerprint density at radius 1 is 0.704 bits per heavy atom. The Morgan fingerprint density at radius 3 is 1.56 bits per heavy atom. The van der Waals surface area contributed by atoms with Gasteiger partial charge in [0.2, 0.25) is 0 Å². The van der Waals surface area contributed by atoms with Crippen LogP contribution >= 0.6 is 0 Å². The van der Waals surface area contributed by atoms with Crippen LogP contribution in [0.1, 0.15) is 33.4 Å². The molecule has 5 nitrogen and oxygen atoms in total. The van der Waals surface area contributed by atoms with E-state index in [0.717, 1.165) is 45.1 Å². The molecular weight excluding hydrogens is 334 g/mol. The number of nitrogens with one attached hydrogen (secondary N) is 1. The number of aryl methyl sites for hydroxylation is 4. The number of hydrogen-bond acceptors (Lipinski definition) is 4. The topological polar surface area (TPSA) is 62.5 Å². The zero-order valence-electron chi connectivity index (χ0n) is 15.9. The van der Waals surface area contributed by atoms with Gasteiger partial charge in [-0.1, -0.05) is 36.4 Å². The lowest BCUT2D eigenvalue weighted by Crippen LogP contribution is -2.22. The van der Waals surface area contributed by atoms with Crippen LogP contribution < -0.4 is 5.32 Å². The van der Waals surface area contributed by atoms with E-state index in [0.29, 0.717) is 11.6 Å². The van der Waals surface area contributed by atoms with Crippen LogP contribution in [0.5, 0.6) is 0 Å². The minimum atomic E-state index is 0.712. The smallest absolute Gasteiger partial charge is 0.157 e. The fourth-order valence-electron chi connectivity index (χ4n) is 3.18. The zero-order valence-corrected chi connectivity index (χ0v) is 15.9. The maximum atomic E-state index is 4.76. The summed E-state index contributed by atoms with van der Waals surface area (Å²) in [7, 11) is 0. The molecule has 0 amide bonds. The van der Waals surface area contributed by atoms with Crippen molar-refractivity contribution in [3.05, 3.63) is 82.2 Å². The van der Waals surface area contributed by atoms with Gasteiger partial charge in [-0.05, 0) is 49.9 Å². The summed E-state index contributed by atoms with van der Waals surface area (Å²) in [6.07, 6.45) is 3.67. The molecule has 4 rings (SSSR count). The first-order chi connectivity index (χ1) is 13.0. The number of benzene rings is 1. The minimum absolute atomic E-state index is 0.712. The predicted molar refractivity (Wildman–Crippen MR) is 109 cm³/mol. The van der Waals surface area contributed by atoms with Gasteiger partial charge in [0, 0.05) is 23.5 Å². The molecule has 1 aliphatic rings. The average Bonchev–Trinajstić information content (AvgIpc) is 2.98. The van der Waals surface area contributed by atoms with Crippen LogP contribution in [-0.4, -0.2) is 21.6 Å². The highest BCUT2D eigenvalue weighted by Crippen LogP contribution is 2.24. The molecular formula is C22H21N5. The third kappa shape index (κ3) is 3.36. The number of nitrogens with zero attached hydrogens (tertiary/aromatic N) is 4. The molecule has 5 heteroatoms. The Labute approximate surface area is 159 Å². The van der Waals surface area contributed by atoms with Crippen molar-refractivity contribution in [1.82, 2.24) is 15.3 Å². The monoisotopic (exact) mass is 355 g/mol. The molecule has 3 aromatic rings. The first kappa shape index (κ1) is 17.1. The first-order valence-electron chi connectivity index (χ1n) is 8.92. The third-order valence-electron chi connectivity index (χ3n) is 4.48. The van der Waals surface area contributed by atoms with E-state index in [1.807, 2.05) is 64.4 Å². The molecule has 0 atom stereocenters. The number of pyridine rings is 2. The number of amidine groups is 2. The Morgan fingerprint density at radius 2 is 1.15 bits per heavy atom. The van der Waals surface area contributed by atoms with E-state index in [1.165, 1.54) is 0 Å². The van der Waals surface area contributed by atoms with E-state index < -0.39 is 0 Å². The molecule has 3 heterocycles. The van der Waals surface area contributed by atoms with Gasteiger partial charge in [-0.3, -0.25) is 0 Å². The van der Waals surface area contributed by atoms with E-state index in [2.05, 4.69) is 27.4 Å². The van der Waals surface area contributed by atoms with Crippen molar-refractivity contribution in [2.75, 3.05) is 0 Å². The van der Waals surface area contributed by atoms with Gasteiger partial charge in [0.25, 0.3) is 0 Å². The molecule has 27 heavy (non-hydrogen) atoms. The Kier molecular flexibility index (Phi) is 4.28. The highest BCUT2D eigenvalue weighted by Gasteiger charge is 2.23. The minimum Gasteiger partial charge on any atom is -0.324 e. The summed E-state index contributed by atoms with van der Waals surface area (Å²) in [6, 6.07) is 12.3. The van der Waals surface area contributed by atoms with Gasteiger partial charge in [0.05, 0.1) is 0 Å². The third-order valence-corrected chi connectivity index (χ3v) is 4.48.